The lowest BCUT2D eigenvalue weighted by molar-refractivity contribution is -0.169. The third kappa shape index (κ3) is 9.36. The first kappa shape index (κ1) is 40.1. The van der Waals surface area contributed by atoms with E-state index < -0.39 is 74.2 Å². The predicted molar refractivity (Wildman–Crippen MR) is 187 cm³/mol. The van der Waals surface area contributed by atoms with Crippen molar-refractivity contribution in [1.29, 1.82) is 5.26 Å². The number of rotatable bonds is 18. The topological polar surface area (TPSA) is 232 Å². The number of hydrogen-bond donors (Lipinski definition) is 3. The van der Waals surface area contributed by atoms with Crippen LogP contribution in [0.5, 0.6) is 0 Å². The van der Waals surface area contributed by atoms with Crippen LogP contribution in [0.1, 0.15) is 90.9 Å². The second-order valence-electron chi connectivity index (χ2n) is 13.8. The van der Waals surface area contributed by atoms with Crippen LogP contribution < -0.4 is 15.9 Å². The van der Waals surface area contributed by atoms with Crippen molar-refractivity contribution in [3.8, 4) is 6.07 Å². The summed E-state index contributed by atoms with van der Waals surface area (Å²) in [4.78, 5) is 51.6. The van der Waals surface area contributed by atoms with Gasteiger partial charge >= 0.3 is 31.5 Å². The molecule has 2 aromatic rings. The van der Waals surface area contributed by atoms with E-state index in [1.165, 1.54) is 24.6 Å². The Morgan fingerprint density at radius 1 is 0.981 bits per heavy atom. The summed E-state index contributed by atoms with van der Waals surface area (Å²) >= 11 is 0. The van der Waals surface area contributed by atoms with Crippen LogP contribution in [0.15, 0.2) is 24.4 Å². The highest BCUT2D eigenvalue weighted by Gasteiger charge is 2.62. The molecule has 1 saturated heterocycles. The molecule has 4 N–H and O–H groups in total. The maximum Gasteiger partial charge on any atom is 0.342 e. The zero-order valence-electron chi connectivity index (χ0n) is 30.5. The highest BCUT2D eigenvalue weighted by molar-refractivity contribution is 7.54. The zero-order chi connectivity index (χ0) is 38.3. The number of anilines is 1. The van der Waals surface area contributed by atoms with E-state index in [1.807, 2.05) is 6.07 Å². The number of ether oxygens (including phenoxy) is 5. The maximum absolute atomic E-state index is 14.6. The first-order chi connectivity index (χ1) is 25.3. The number of nitrogens with one attached hydrogen (secondary N) is 2. The normalized spacial score (nSPS) is 24.3. The van der Waals surface area contributed by atoms with Crippen molar-refractivity contribution < 1.29 is 52.0 Å². The molecule has 290 valence electrons. The first-order valence-electron chi connectivity index (χ1n) is 18.2. The summed E-state index contributed by atoms with van der Waals surface area (Å²) in [5.74, 6) is -2.33. The summed E-state index contributed by atoms with van der Waals surface area (Å²) < 4.78 is 50.9. The summed E-state index contributed by atoms with van der Waals surface area (Å²) in [6.45, 7) is 5.51. The van der Waals surface area contributed by atoms with E-state index in [0.717, 1.165) is 38.5 Å². The Morgan fingerprint density at radius 2 is 1.55 bits per heavy atom. The van der Waals surface area contributed by atoms with Crippen LogP contribution in [0, 0.1) is 23.2 Å². The predicted octanol–water partition coefficient (Wildman–Crippen LogP) is 3.66. The average Bonchev–Trinajstić information content (AvgIpc) is 3.65. The van der Waals surface area contributed by atoms with Crippen LogP contribution in [0.4, 0.5) is 5.69 Å². The molecule has 3 aliphatic rings. The van der Waals surface area contributed by atoms with Crippen LogP contribution in [-0.2, 0) is 52.0 Å². The van der Waals surface area contributed by atoms with Gasteiger partial charge in [0.1, 0.15) is 30.9 Å². The Morgan fingerprint density at radius 3 is 2.06 bits per heavy atom. The van der Waals surface area contributed by atoms with Gasteiger partial charge in [-0.15, -0.1) is 0 Å². The molecule has 2 aromatic heterocycles. The van der Waals surface area contributed by atoms with E-state index in [1.54, 1.807) is 32.0 Å². The summed E-state index contributed by atoms with van der Waals surface area (Å²) in [6.07, 6.45) is 2.90. The number of carbonyl (C=O) groups excluding carboxylic acids is 4. The number of esters is 4. The molecule has 0 amide bonds. The number of nitrogens with two attached hydrogens (primary N) is 1. The molecule has 0 radical (unpaired) electrons. The van der Waals surface area contributed by atoms with Gasteiger partial charge in [-0.05, 0) is 69.6 Å². The fraction of sp³-hybridized carbons (Fsp3) is 0.657. The lowest BCUT2D eigenvalue weighted by Gasteiger charge is -2.32. The number of nitrogen functional groups attached to an aromatic ring is 1. The molecular weight excluding hydrogens is 711 g/mol. The quantitative estimate of drug-likeness (QED) is 0.112. The van der Waals surface area contributed by atoms with Crippen molar-refractivity contribution in [3.05, 3.63) is 30.1 Å². The molecule has 18 heteroatoms. The molecule has 0 aromatic carbocycles. The van der Waals surface area contributed by atoms with E-state index in [0.29, 0.717) is 16.9 Å². The van der Waals surface area contributed by atoms with Crippen molar-refractivity contribution in [3.63, 3.8) is 0 Å². The number of fused-ring (bicyclic) bond motifs is 1. The van der Waals surface area contributed by atoms with Gasteiger partial charge in [-0.25, -0.2) is 14.7 Å². The van der Waals surface area contributed by atoms with Gasteiger partial charge in [0.15, 0.2) is 12.2 Å². The van der Waals surface area contributed by atoms with Gasteiger partial charge in [-0.2, -0.15) is 10.4 Å². The molecule has 17 nitrogen and oxygen atoms in total. The van der Waals surface area contributed by atoms with Crippen molar-refractivity contribution in [1.82, 2.24) is 19.8 Å². The lowest BCUT2D eigenvalue weighted by Crippen LogP contribution is -2.50. The summed E-state index contributed by atoms with van der Waals surface area (Å²) in [5.41, 5.74) is 5.09. The Kier molecular flexibility index (Phi) is 13.2. The minimum Gasteiger partial charge on any atom is -0.464 e. The van der Waals surface area contributed by atoms with Gasteiger partial charge in [-0.3, -0.25) is 23.7 Å². The fourth-order valence-electron chi connectivity index (χ4n) is 6.15. The van der Waals surface area contributed by atoms with E-state index in [4.69, 9.17) is 33.9 Å². The average molecular weight is 761 g/mol. The van der Waals surface area contributed by atoms with Crippen LogP contribution in [0.3, 0.4) is 0 Å². The number of hydrogen-bond acceptors (Lipinski definition) is 14. The molecule has 6 atom stereocenters. The summed E-state index contributed by atoms with van der Waals surface area (Å²) in [6, 6.07) is 4.49. The molecule has 2 saturated carbocycles. The third-order valence-corrected chi connectivity index (χ3v) is 11.8. The Labute approximate surface area is 308 Å². The van der Waals surface area contributed by atoms with Gasteiger partial charge in [0.2, 0.25) is 5.60 Å². The second kappa shape index (κ2) is 17.4. The van der Waals surface area contributed by atoms with Gasteiger partial charge < -0.3 is 33.9 Å². The van der Waals surface area contributed by atoms with E-state index in [2.05, 4.69) is 15.3 Å². The molecule has 0 spiro atoms. The molecule has 53 heavy (non-hydrogen) atoms. The first-order valence-corrected chi connectivity index (χ1v) is 19.8. The molecular formula is C35H49N6O11P. The van der Waals surface area contributed by atoms with Gasteiger partial charge in [0.05, 0.1) is 30.1 Å². The van der Waals surface area contributed by atoms with Crippen LogP contribution in [0.2, 0.25) is 0 Å². The molecule has 2 aliphatic carbocycles. The Bertz CT molecular complexity index is 1700. The van der Waals surface area contributed by atoms with Crippen molar-refractivity contribution in [2.75, 3.05) is 25.6 Å². The number of carbonyl (C=O) groups is 4. The monoisotopic (exact) mass is 760 g/mol. The van der Waals surface area contributed by atoms with Crippen LogP contribution in [-0.4, -0.2) is 83.2 Å². The van der Waals surface area contributed by atoms with Crippen LogP contribution in [0.25, 0.3) is 5.52 Å². The highest BCUT2D eigenvalue weighted by Crippen LogP contribution is 2.48. The van der Waals surface area contributed by atoms with Crippen molar-refractivity contribution in [2.45, 2.75) is 115 Å². The fourth-order valence-corrected chi connectivity index (χ4v) is 7.98. The molecule has 0 unspecified atom stereocenters. The van der Waals surface area contributed by atoms with E-state index >= 15 is 0 Å². The lowest BCUT2D eigenvalue weighted by atomic mass is 9.86. The largest absolute Gasteiger partial charge is 0.464 e. The standard InChI is InChI=1S/C35H49N6O11P/c1-5-28(42)50-31-30(27-14-13-26-25(37)15-16-38-41(26)27)52-35(19-36,32(31)51-29(43)6-2)20-49-53(46,39-21(3)33(44)47-17-23-9-7-10-23)40-22(4)34(45)48-18-24-11-8-12-24/h13-16,21-24,30-32H,5-12,17-18,20,37H2,1-4H3,(H2,39,40,46)/t21-,22-,30-,31-,32-,35+/m0/s1. The Balaban J connectivity index is 1.45. The van der Waals surface area contributed by atoms with Crippen LogP contribution >= 0.6 is 7.67 Å². The van der Waals surface area contributed by atoms with Crippen molar-refractivity contribution >= 4 is 42.8 Å². The molecule has 0 bridgehead atoms. The number of aromatic nitrogens is 2. The van der Waals surface area contributed by atoms with E-state index in [-0.39, 0.29) is 37.9 Å². The second-order valence-corrected chi connectivity index (χ2v) is 15.7. The zero-order valence-corrected chi connectivity index (χ0v) is 31.4. The number of nitrogens with zero attached hydrogens (tertiary/aromatic N) is 3. The summed E-state index contributed by atoms with van der Waals surface area (Å²) in [7, 11) is -4.49. The Hall–Kier alpha value is -4.07. The van der Waals surface area contributed by atoms with Crippen molar-refractivity contribution in [2.24, 2.45) is 11.8 Å². The highest BCUT2D eigenvalue weighted by atomic mass is 31.2. The maximum atomic E-state index is 14.6. The number of nitriles is 1. The van der Waals surface area contributed by atoms with Gasteiger partial charge in [0, 0.05) is 19.0 Å². The summed E-state index contributed by atoms with van der Waals surface area (Å²) in [5, 5.41) is 20.4. The SMILES string of the molecule is CCC(=O)O[C@H]1[C@H](c2ccc3c(N)ccnn23)O[C@](C#N)(COP(=O)(N[C@@H](C)C(=O)OCC2CCC2)N[C@@H](C)C(=O)OCC2CCC2)[C@H]1OC(=O)CC. The third-order valence-electron chi connectivity index (χ3n) is 9.86. The van der Waals surface area contributed by atoms with Gasteiger partial charge in [0.25, 0.3) is 0 Å². The minimum atomic E-state index is -4.49. The molecule has 5 rings (SSSR count). The smallest absolute Gasteiger partial charge is 0.342 e. The molecule has 3 heterocycles. The minimum absolute atomic E-state index is 0.0552. The van der Waals surface area contributed by atoms with Gasteiger partial charge in [-0.1, -0.05) is 26.7 Å². The van der Waals surface area contributed by atoms with E-state index in [9.17, 15) is 29.0 Å². The molecule has 3 fully saturated rings. The molecule has 1 aliphatic heterocycles.